The van der Waals surface area contributed by atoms with Crippen LogP contribution >= 0.6 is 0 Å². The molecule has 2 rings (SSSR count). The van der Waals surface area contributed by atoms with Crippen molar-refractivity contribution in [3.63, 3.8) is 0 Å². The van der Waals surface area contributed by atoms with Crippen LogP contribution in [0.25, 0.3) is 0 Å². The molecule has 1 aromatic rings. The van der Waals surface area contributed by atoms with E-state index in [4.69, 9.17) is 0 Å². The van der Waals surface area contributed by atoms with Crippen molar-refractivity contribution in [2.45, 2.75) is 58.0 Å². The highest BCUT2D eigenvalue weighted by molar-refractivity contribution is 5.15. The molecule has 1 heterocycles. The SMILES string of the molecule is CCCNC1(C#N)CCC(n2nc(C)cc2C)C1. The molecule has 0 aliphatic heterocycles. The number of nitrogens with one attached hydrogen (secondary N) is 1. The zero-order valence-corrected chi connectivity index (χ0v) is 11.5. The zero-order chi connectivity index (χ0) is 13.2. The van der Waals surface area contributed by atoms with Gasteiger partial charge in [-0.3, -0.25) is 10.00 Å². The number of hydrogen-bond acceptors (Lipinski definition) is 3. The van der Waals surface area contributed by atoms with Crippen LogP contribution in [-0.2, 0) is 0 Å². The van der Waals surface area contributed by atoms with Crippen molar-refractivity contribution in [1.29, 1.82) is 5.26 Å². The highest BCUT2D eigenvalue weighted by Gasteiger charge is 2.40. The smallest absolute Gasteiger partial charge is 0.108 e. The molecular weight excluding hydrogens is 224 g/mol. The summed E-state index contributed by atoms with van der Waals surface area (Å²) < 4.78 is 2.10. The molecule has 98 valence electrons. The first-order chi connectivity index (χ1) is 8.60. The molecule has 0 amide bonds. The maximum absolute atomic E-state index is 9.44. The van der Waals surface area contributed by atoms with Crippen LogP contribution in [0.1, 0.15) is 50.0 Å². The second-order valence-electron chi connectivity index (χ2n) is 5.39. The van der Waals surface area contributed by atoms with E-state index in [1.807, 2.05) is 6.92 Å². The topological polar surface area (TPSA) is 53.6 Å². The number of aryl methyl sites for hydroxylation is 2. The minimum absolute atomic E-state index is 0.340. The monoisotopic (exact) mass is 246 g/mol. The molecule has 0 spiro atoms. The Labute approximate surface area is 109 Å². The lowest BCUT2D eigenvalue weighted by atomic mass is 9.99. The van der Waals surface area contributed by atoms with Gasteiger partial charge < -0.3 is 0 Å². The van der Waals surface area contributed by atoms with E-state index >= 15 is 0 Å². The summed E-state index contributed by atoms with van der Waals surface area (Å²) in [6.45, 7) is 7.15. The summed E-state index contributed by atoms with van der Waals surface area (Å²) in [6, 6.07) is 4.95. The van der Waals surface area contributed by atoms with E-state index in [9.17, 15) is 5.26 Å². The molecule has 4 nitrogen and oxygen atoms in total. The van der Waals surface area contributed by atoms with Gasteiger partial charge in [0, 0.05) is 12.1 Å². The third-order valence-electron chi connectivity index (χ3n) is 3.81. The summed E-state index contributed by atoms with van der Waals surface area (Å²) in [5.41, 5.74) is 1.91. The first-order valence-corrected chi connectivity index (χ1v) is 6.79. The Morgan fingerprint density at radius 1 is 1.61 bits per heavy atom. The quantitative estimate of drug-likeness (QED) is 0.888. The second kappa shape index (κ2) is 5.11. The second-order valence-corrected chi connectivity index (χ2v) is 5.39. The van der Waals surface area contributed by atoms with Crippen molar-refractivity contribution in [2.75, 3.05) is 6.54 Å². The minimum Gasteiger partial charge on any atom is -0.299 e. The van der Waals surface area contributed by atoms with Crippen LogP contribution in [0.5, 0.6) is 0 Å². The fourth-order valence-corrected chi connectivity index (χ4v) is 2.91. The summed E-state index contributed by atoms with van der Waals surface area (Å²) in [5.74, 6) is 0. The summed E-state index contributed by atoms with van der Waals surface area (Å²) in [5, 5.41) is 17.4. The Hall–Kier alpha value is -1.34. The normalized spacial score (nSPS) is 27.3. The van der Waals surface area contributed by atoms with Gasteiger partial charge in [-0.25, -0.2) is 0 Å². The van der Waals surface area contributed by atoms with Crippen LogP contribution in [0.15, 0.2) is 6.07 Å². The van der Waals surface area contributed by atoms with Crippen LogP contribution in [-0.4, -0.2) is 21.9 Å². The van der Waals surface area contributed by atoms with Crippen LogP contribution in [0.2, 0.25) is 0 Å². The maximum atomic E-state index is 9.44. The Morgan fingerprint density at radius 2 is 2.39 bits per heavy atom. The standard InChI is InChI=1S/C14H22N4/c1-4-7-16-14(10-15)6-5-13(9-14)18-12(3)8-11(2)17-18/h8,13,16H,4-7,9H2,1-3H3. The van der Waals surface area contributed by atoms with Crippen LogP contribution < -0.4 is 5.32 Å². The molecular formula is C14H22N4. The van der Waals surface area contributed by atoms with E-state index in [0.717, 1.165) is 37.9 Å². The lowest BCUT2D eigenvalue weighted by Gasteiger charge is -2.22. The van der Waals surface area contributed by atoms with Gasteiger partial charge in [-0.1, -0.05) is 6.92 Å². The molecule has 0 bridgehead atoms. The van der Waals surface area contributed by atoms with Gasteiger partial charge in [0.25, 0.3) is 0 Å². The number of nitrogens with zero attached hydrogens (tertiary/aromatic N) is 3. The van der Waals surface area contributed by atoms with E-state index in [-0.39, 0.29) is 5.54 Å². The molecule has 0 radical (unpaired) electrons. The molecule has 1 N–H and O–H groups in total. The molecule has 1 aromatic heterocycles. The van der Waals surface area contributed by atoms with Crippen molar-refractivity contribution < 1.29 is 0 Å². The van der Waals surface area contributed by atoms with Gasteiger partial charge in [-0.2, -0.15) is 10.4 Å². The molecule has 0 saturated heterocycles. The number of rotatable bonds is 4. The average Bonchev–Trinajstić information content (AvgIpc) is 2.91. The van der Waals surface area contributed by atoms with E-state index in [0.29, 0.717) is 6.04 Å². The summed E-state index contributed by atoms with van der Waals surface area (Å²) in [6.07, 6.45) is 3.89. The number of hydrogen-bond donors (Lipinski definition) is 1. The van der Waals surface area contributed by atoms with Gasteiger partial charge in [0.2, 0.25) is 0 Å². The van der Waals surface area contributed by atoms with Crippen molar-refractivity contribution in [1.82, 2.24) is 15.1 Å². The third-order valence-corrected chi connectivity index (χ3v) is 3.81. The lowest BCUT2D eigenvalue weighted by molar-refractivity contribution is 0.385. The Bertz CT molecular complexity index is 457. The van der Waals surface area contributed by atoms with Crippen molar-refractivity contribution in [3.05, 3.63) is 17.5 Å². The summed E-state index contributed by atoms with van der Waals surface area (Å²) in [4.78, 5) is 0. The summed E-state index contributed by atoms with van der Waals surface area (Å²) in [7, 11) is 0. The largest absolute Gasteiger partial charge is 0.299 e. The van der Waals surface area contributed by atoms with E-state index < -0.39 is 0 Å². The predicted molar refractivity (Wildman–Crippen MR) is 71.2 cm³/mol. The molecule has 1 aliphatic carbocycles. The summed E-state index contributed by atoms with van der Waals surface area (Å²) >= 11 is 0. The van der Waals surface area contributed by atoms with Crippen LogP contribution in [0.4, 0.5) is 0 Å². The predicted octanol–water partition coefficient (Wildman–Crippen LogP) is 2.49. The van der Waals surface area contributed by atoms with Gasteiger partial charge in [0.1, 0.15) is 5.54 Å². The van der Waals surface area contributed by atoms with E-state index in [2.05, 4.69) is 41.1 Å². The number of aromatic nitrogens is 2. The van der Waals surface area contributed by atoms with Crippen molar-refractivity contribution in [2.24, 2.45) is 0 Å². The molecule has 18 heavy (non-hydrogen) atoms. The van der Waals surface area contributed by atoms with Gasteiger partial charge in [-0.15, -0.1) is 0 Å². The molecule has 4 heteroatoms. The molecule has 1 fully saturated rings. The highest BCUT2D eigenvalue weighted by atomic mass is 15.3. The number of nitriles is 1. The first kappa shape index (κ1) is 13.1. The van der Waals surface area contributed by atoms with Gasteiger partial charge in [0.05, 0.1) is 17.8 Å². The third kappa shape index (κ3) is 2.41. The first-order valence-electron chi connectivity index (χ1n) is 6.79. The fourth-order valence-electron chi connectivity index (χ4n) is 2.91. The van der Waals surface area contributed by atoms with E-state index in [1.54, 1.807) is 0 Å². The average molecular weight is 246 g/mol. The lowest BCUT2D eigenvalue weighted by Crippen LogP contribution is -2.42. The minimum atomic E-state index is -0.340. The molecule has 0 aromatic carbocycles. The van der Waals surface area contributed by atoms with Crippen LogP contribution in [0, 0.1) is 25.2 Å². The molecule has 2 unspecified atom stereocenters. The Morgan fingerprint density at radius 3 is 2.94 bits per heavy atom. The van der Waals surface area contributed by atoms with Gasteiger partial charge >= 0.3 is 0 Å². The zero-order valence-electron chi connectivity index (χ0n) is 11.5. The fraction of sp³-hybridized carbons (Fsp3) is 0.714. The molecule has 1 saturated carbocycles. The van der Waals surface area contributed by atoms with Crippen molar-refractivity contribution in [3.8, 4) is 6.07 Å². The Balaban J connectivity index is 2.12. The highest BCUT2D eigenvalue weighted by Crippen LogP contribution is 2.37. The van der Waals surface area contributed by atoms with Gasteiger partial charge in [-0.05, 0) is 45.7 Å². The Kier molecular flexibility index (Phi) is 3.72. The molecule has 2 atom stereocenters. The maximum Gasteiger partial charge on any atom is 0.108 e. The van der Waals surface area contributed by atoms with E-state index in [1.165, 1.54) is 5.69 Å². The van der Waals surface area contributed by atoms with Crippen LogP contribution in [0.3, 0.4) is 0 Å². The van der Waals surface area contributed by atoms with Crippen molar-refractivity contribution >= 4 is 0 Å². The van der Waals surface area contributed by atoms with Gasteiger partial charge in [0.15, 0.2) is 0 Å². The molecule has 1 aliphatic rings.